The Bertz CT molecular complexity index is 298. The van der Waals surface area contributed by atoms with Crippen LogP contribution in [0.15, 0.2) is 0 Å². The van der Waals surface area contributed by atoms with E-state index in [4.69, 9.17) is 11.6 Å². The molecule has 1 heterocycles. The van der Waals surface area contributed by atoms with E-state index < -0.39 is 0 Å². The maximum atomic E-state index is 5.72. The maximum absolute atomic E-state index is 5.72. The van der Waals surface area contributed by atoms with E-state index in [0.717, 1.165) is 18.2 Å². The highest BCUT2D eigenvalue weighted by Crippen LogP contribution is 2.43. The monoisotopic (exact) mass is 200 g/mol. The van der Waals surface area contributed by atoms with Gasteiger partial charge in [-0.15, -0.1) is 16.7 Å². The first-order chi connectivity index (χ1) is 6.24. The van der Waals surface area contributed by atoms with Crippen LogP contribution in [0.4, 0.5) is 0 Å². The molecule has 3 atom stereocenters. The number of halogens is 1. The average Bonchev–Trinajstić information content (AvgIpc) is 2.60. The highest BCUT2D eigenvalue weighted by atomic mass is 35.5. The zero-order valence-electron chi connectivity index (χ0n) is 7.81. The van der Waals surface area contributed by atoms with E-state index in [0.29, 0.717) is 17.8 Å². The molecule has 1 aliphatic rings. The van der Waals surface area contributed by atoms with Crippen LogP contribution >= 0.6 is 11.6 Å². The Labute approximate surface area is 82.3 Å². The minimum atomic E-state index is 0.393. The molecule has 1 saturated carbocycles. The van der Waals surface area contributed by atoms with Crippen molar-refractivity contribution >= 4 is 11.6 Å². The molecular weight excluding hydrogens is 188 g/mol. The van der Waals surface area contributed by atoms with E-state index in [9.17, 15) is 0 Å². The van der Waals surface area contributed by atoms with Crippen LogP contribution in [0.25, 0.3) is 0 Å². The minimum Gasteiger partial charge on any atom is -0.225 e. The standard InChI is InChI=1S/C8H13ClN4/c1-5-3-7(6(5)2)13-8(4-9)10-11-12-13/h5-7H,3-4H2,1-2H3. The molecule has 4 nitrogen and oxygen atoms in total. The van der Waals surface area contributed by atoms with Gasteiger partial charge in [-0.1, -0.05) is 13.8 Å². The predicted molar refractivity (Wildman–Crippen MR) is 49.4 cm³/mol. The summed E-state index contributed by atoms with van der Waals surface area (Å²) in [7, 11) is 0. The fourth-order valence-corrected chi connectivity index (χ4v) is 2.05. The molecular formula is C8H13ClN4. The number of rotatable bonds is 2. The molecule has 2 rings (SSSR count). The number of nitrogens with zero attached hydrogens (tertiary/aromatic N) is 4. The summed E-state index contributed by atoms with van der Waals surface area (Å²) in [6.45, 7) is 4.49. The lowest BCUT2D eigenvalue weighted by Gasteiger charge is -2.40. The van der Waals surface area contributed by atoms with Crippen molar-refractivity contribution in [2.24, 2.45) is 11.8 Å². The molecule has 1 fully saturated rings. The third-order valence-electron chi connectivity index (χ3n) is 3.11. The van der Waals surface area contributed by atoms with Crippen molar-refractivity contribution in [1.29, 1.82) is 0 Å². The molecule has 0 bridgehead atoms. The van der Waals surface area contributed by atoms with Crippen molar-refractivity contribution < 1.29 is 0 Å². The van der Waals surface area contributed by atoms with Crippen LogP contribution in [0.1, 0.15) is 32.1 Å². The van der Waals surface area contributed by atoms with Crippen LogP contribution in [0.5, 0.6) is 0 Å². The van der Waals surface area contributed by atoms with E-state index in [-0.39, 0.29) is 0 Å². The van der Waals surface area contributed by atoms with Crippen molar-refractivity contribution in [1.82, 2.24) is 20.2 Å². The van der Waals surface area contributed by atoms with Crippen molar-refractivity contribution in [3.05, 3.63) is 5.82 Å². The van der Waals surface area contributed by atoms with Gasteiger partial charge < -0.3 is 0 Å². The van der Waals surface area contributed by atoms with Gasteiger partial charge in [0.2, 0.25) is 0 Å². The Morgan fingerprint density at radius 2 is 2.31 bits per heavy atom. The summed E-state index contributed by atoms with van der Waals surface area (Å²) in [5, 5.41) is 11.5. The van der Waals surface area contributed by atoms with E-state index in [1.807, 2.05) is 4.68 Å². The summed E-state index contributed by atoms with van der Waals surface area (Å²) in [6.07, 6.45) is 1.16. The lowest BCUT2D eigenvalue weighted by molar-refractivity contribution is 0.0967. The molecule has 0 amide bonds. The van der Waals surface area contributed by atoms with Crippen molar-refractivity contribution in [3.63, 3.8) is 0 Å². The molecule has 0 N–H and O–H groups in total. The van der Waals surface area contributed by atoms with E-state index in [2.05, 4.69) is 29.4 Å². The molecule has 72 valence electrons. The van der Waals surface area contributed by atoms with Crippen LogP contribution in [0.2, 0.25) is 0 Å². The largest absolute Gasteiger partial charge is 0.225 e. The van der Waals surface area contributed by atoms with Gasteiger partial charge in [-0.3, -0.25) is 0 Å². The molecule has 1 aromatic heterocycles. The Hall–Kier alpha value is -0.640. The van der Waals surface area contributed by atoms with Gasteiger partial charge in [0, 0.05) is 0 Å². The molecule has 0 spiro atoms. The number of alkyl halides is 1. The molecule has 3 unspecified atom stereocenters. The van der Waals surface area contributed by atoms with Crippen molar-refractivity contribution in [3.8, 4) is 0 Å². The lowest BCUT2D eigenvalue weighted by atomic mass is 9.71. The topological polar surface area (TPSA) is 43.6 Å². The van der Waals surface area contributed by atoms with E-state index in [1.165, 1.54) is 0 Å². The first-order valence-electron chi connectivity index (χ1n) is 4.56. The van der Waals surface area contributed by atoms with Gasteiger partial charge in [0.05, 0.1) is 11.9 Å². The Kier molecular flexibility index (Phi) is 2.24. The number of tetrazole rings is 1. The smallest absolute Gasteiger partial charge is 0.166 e. The van der Waals surface area contributed by atoms with Gasteiger partial charge in [-0.25, -0.2) is 4.68 Å². The van der Waals surface area contributed by atoms with Crippen LogP contribution in [0, 0.1) is 11.8 Å². The second-order valence-corrected chi connectivity index (χ2v) is 4.08. The molecule has 1 aromatic rings. The van der Waals surface area contributed by atoms with Gasteiger partial charge in [0.1, 0.15) is 0 Å². The predicted octanol–water partition coefficient (Wildman–Crippen LogP) is 1.63. The van der Waals surface area contributed by atoms with E-state index >= 15 is 0 Å². The summed E-state index contributed by atoms with van der Waals surface area (Å²) < 4.78 is 1.87. The molecule has 5 heteroatoms. The normalized spacial score (nSPS) is 33.0. The van der Waals surface area contributed by atoms with Crippen LogP contribution in [-0.4, -0.2) is 20.2 Å². The van der Waals surface area contributed by atoms with Crippen molar-refractivity contribution in [2.75, 3.05) is 0 Å². The SMILES string of the molecule is CC1CC(n2nnnc2CCl)C1C. The molecule has 0 aromatic carbocycles. The van der Waals surface area contributed by atoms with Crippen LogP contribution < -0.4 is 0 Å². The average molecular weight is 201 g/mol. The van der Waals surface area contributed by atoms with Gasteiger partial charge in [-0.2, -0.15) is 0 Å². The Morgan fingerprint density at radius 3 is 2.85 bits per heavy atom. The fourth-order valence-electron chi connectivity index (χ4n) is 1.87. The maximum Gasteiger partial charge on any atom is 0.166 e. The third-order valence-corrected chi connectivity index (χ3v) is 3.35. The van der Waals surface area contributed by atoms with Crippen molar-refractivity contribution in [2.45, 2.75) is 32.2 Å². The Balaban J connectivity index is 2.17. The summed E-state index contributed by atoms with van der Waals surface area (Å²) >= 11 is 5.72. The second-order valence-electron chi connectivity index (χ2n) is 3.81. The first-order valence-corrected chi connectivity index (χ1v) is 5.10. The Morgan fingerprint density at radius 1 is 1.54 bits per heavy atom. The summed E-state index contributed by atoms with van der Waals surface area (Å²) in [5.41, 5.74) is 0. The number of hydrogen-bond acceptors (Lipinski definition) is 3. The summed E-state index contributed by atoms with van der Waals surface area (Å²) in [6, 6.07) is 0.457. The fraction of sp³-hybridized carbons (Fsp3) is 0.875. The lowest BCUT2D eigenvalue weighted by Crippen LogP contribution is -2.36. The first kappa shape index (κ1) is 8.94. The summed E-state index contributed by atoms with van der Waals surface area (Å²) in [4.78, 5) is 0. The zero-order chi connectivity index (χ0) is 9.42. The molecule has 0 radical (unpaired) electrons. The van der Waals surface area contributed by atoms with Gasteiger partial charge in [0.15, 0.2) is 5.82 Å². The third kappa shape index (κ3) is 1.33. The van der Waals surface area contributed by atoms with Gasteiger partial charge >= 0.3 is 0 Å². The van der Waals surface area contributed by atoms with Gasteiger partial charge in [0.25, 0.3) is 0 Å². The van der Waals surface area contributed by atoms with Gasteiger partial charge in [-0.05, 0) is 28.7 Å². The summed E-state index contributed by atoms with van der Waals surface area (Å²) in [5.74, 6) is 2.61. The van der Waals surface area contributed by atoms with E-state index in [1.54, 1.807) is 0 Å². The number of aromatic nitrogens is 4. The highest BCUT2D eigenvalue weighted by Gasteiger charge is 2.37. The molecule has 1 aliphatic carbocycles. The molecule has 0 aliphatic heterocycles. The quantitative estimate of drug-likeness (QED) is 0.682. The molecule has 0 saturated heterocycles. The highest BCUT2D eigenvalue weighted by molar-refractivity contribution is 6.16. The van der Waals surface area contributed by atoms with Crippen LogP contribution in [0.3, 0.4) is 0 Å². The minimum absolute atomic E-state index is 0.393. The van der Waals surface area contributed by atoms with Crippen LogP contribution in [-0.2, 0) is 5.88 Å². The second kappa shape index (κ2) is 3.25. The zero-order valence-corrected chi connectivity index (χ0v) is 8.57. The number of hydrogen-bond donors (Lipinski definition) is 0. The molecule has 13 heavy (non-hydrogen) atoms.